The molecule has 0 spiro atoms. The van der Waals surface area contributed by atoms with Gasteiger partial charge in [-0.05, 0) is 36.2 Å². The summed E-state index contributed by atoms with van der Waals surface area (Å²) in [6.45, 7) is 0.465. The standard InChI is InChI=1S/C19H22N2O4/c1-24-15-9-7-14(8-10-15)11-12-20-18(22)13-19(23)21-16-5-3-4-6-17(16)25-2/h3-10H,11-13H2,1-2H3,(H,20,22)(H,21,23). The van der Waals surface area contributed by atoms with Crippen LogP contribution < -0.4 is 20.1 Å². The second kappa shape index (κ2) is 9.32. The number of amides is 2. The summed E-state index contributed by atoms with van der Waals surface area (Å²) < 4.78 is 10.3. The molecule has 2 aromatic carbocycles. The lowest BCUT2D eigenvalue weighted by Crippen LogP contribution is -2.29. The molecule has 0 saturated heterocycles. The van der Waals surface area contributed by atoms with E-state index in [9.17, 15) is 9.59 Å². The van der Waals surface area contributed by atoms with Gasteiger partial charge >= 0.3 is 0 Å². The van der Waals surface area contributed by atoms with Gasteiger partial charge < -0.3 is 20.1 Å². The van der Waals surface area contributed by atoms with Crippen LogP contribution in [0.2, 0.25) is 0 Å². The Hall–Kier alpha value is -3.02. The number of para-hydroxylation sites is 2. The quantitative estimate of drug-likeness (QED) is 0.722. The fourth-order valence-electron chi connectivity index (χ4n) is 2.29. The molecule has 6 heteroatoms. The zero-order chi connectivity index (χ0) is 18.1. The number of ether oxygens (including phenoxy) is 2. The first-order valence-electron chi connectivity index (χ1n) is 7.95. The molecule has 0 fully saturated rings. The minimum absolute atomic E-state index is 0.235. The maximum absolute atomic E-state index is 12.0. The van der Waals surface area contributed by atoms with Gasteiger partial charge in [0.25, 0.3) is 0 Å². The van der Waals surface area contributed by atoms with Gasteiger partial charge in [0, 0.05) is 6.54 Å². The van der Waals surface area contributed by atoms with Crippen LogP contribution in [0.25, 0.3) is 0 Å². The van der Waals surface area contributed by atoms with Crippen LogP contribution in [0.3, 0.4) is 0 Å². The predicted octanol–water partition coefficient (Wildman–Crippen LogP) is 2.39. The van der Waals surface area contributed by atoms with Crippen molar-refractivity contribution in [1.82, 2.24) is 5.32 Å². The number of anilines is 1. The molecular formula is C19H22N2O4. The maximum atomic E-state index is 12.0. The van der Waals surface area contributed by atoms with Gasteiger partial charge in [-0.25, -0.2) is 0 Å². The van der Waals surface area contributed by atoms with E-state index in [-0.39, 0.29) is 18.2 Å². The number of carbonyl (C=O) groups is 2. The van der Waals surface area contributed by atoms with Crippen LogP contribution in [0, 0.1) is 0 Å². The van der Waals surface area contributed by atoms with Crippen LogP contribution in [0.4, 0.5) is 5.69 Å². The van der Waals surface area contributed by atoms with Crippen LogP contribution in [0.15, 0.2) is 48.5 Å². The first kappa shape index (κ1) is 18.3. The second-order valence-corrected chi connectivity index (χ2v) is 5.37. The lowest BCUT2D eigenvalue weighted by Gasteiger charge is -2.10. The van der Waals surface area contributed by atoms with Gasteiger partial charge in [0.2, 0.25) is 11.8 Å². The zero-order valence-electron chi connectivity index (χ0n) is 14.4. The maximum Gasteiger partial charge on any atom is 0.233 e. The lowest BCUT2D eigenvalue weighted by atomic mass is 10.1. The van der Waals surface area contributed by atoms with Gasteiger partial charge in [-0.3, -0.25) is 9.59 Å². The Balaban J connectivity index is 1.74. The Morgan fingerprint density at radius 2 is 1.64 bits per heavy atom. The smallest absolute Gasteiger partial charge is 0.233 e. The van der Waals surface area contributed by atoms with Crippen LogP contribution in [0.1, 0.15) is 12.0 Å². The molecule has 0 aliphatic carbocycles. The fraction of sp³-hybridized carbons (Fsp3) is 0.263. The predicted molar refractivity (Wildman–Crippen MR) is 95.9 cm³/mol. The molecule has 0 radical (unpaired) electrons. The second-order valence-electron chi connectivity index (χ2n) is 5.37. The number of nitrogens with one attached hydrogen (secondary N) is 2. The Morgan fingerprint density at radius 3 is 2.32 bits per heavy atom. The monoisotopic (exact) mass is 342 g/mol. The molecule has 25 heavy (non-hydrogen) atoms. The Kier molecular flexibility index (Phi) is 6.83. The Labute approximate surface area is 147 Å². The van der Waals surface area contributed by atoms with E-state index in [0.717, 1.165) is 11.3 Å². The average Bonchev–Trinajstić information content (AvgIpc) is 2.62. The summed E-state index contributed by atoms with van der Waals surface area (Å²) in [6, 6.07) is 14.7. The third-order valence-corrected chi connectivity index (χ3v) is 3.60. The van der Waals surface area contributed by atoms with Crippen molar-refractivity contribution in [3.63, 3.8) is 0 Å². The molecule has 0 atom stereocenters. The molecule has 0 aliphatic rings. The van der Waals surface area contributed by atoms with Gasteiger partial charge in [0.15, 0.2) is 0 Å². The van der Waals surface area contributed by atoms with E-state index in [0.29, 0.717) is 24.4 Å². The van der Waals surface area contributed by atoms with E-state index in [1.807, 2.05) is 24.3 Å². The van der Waals surface area contributed by atoms with Crippen LogP contribution in [-0.4, -0.2) is 32.6 Å². The molecule has 6 nitrogen and oxygen atoms in total. The molecule has 0 saturated carbocycles. The summed E-state index contributed by atoms with van der Waals surface area (Å²) in [5, 5.41) is 5.42. The highest BCUT2D eigenvalue weighted by atomic mass is 16.5. The van der Waals surface area contributed by atoms with E-state index < -0.39 is 0 Å². The van der Waals surface area contributed by atoms with Crippen molar-refractivity contribution in [2.75, 3.05) is 26.1 Å². The number of carbonyl (C=O) groups excluding carboxylic acids is 2. The van der Waals surface area contributed by atoms with Crippen LogP contribution in [0.5, 0.6) is 11.5 Å². The summed E-state index contributed by atoms with van der Waals surface area (Å²) >= 11 is 0. The first-order valence-corrected chi connectivity index (χ1v) is 7.95. The van der Waals surface area contributed by atoms with Crippen molar-refractivity contribution in [3.05, 3.63) is 54.1 Å². The molecule has 0 heterocycles. The molecule has 0 aromatic heterocycles. The van der Waals surface area contributed by atoms with Crippen molar-refractivity contribution < 1.29 is 19.1 Å². The topological polar surface area (TPSA) is 76.7 Å². The zero-order valence-corrected chi connectivity index (χ0v) is 14.4. The molecule has 0 unspecified atom stereocenters. The van der Waals surface area contributed by atoms with E-state index in [1.165, 1.54) is 7.11 Å². The molecule has 2 aromatic rings. The van der Waals surface area contributed by atoms with Crippen molar-refractivity contribution in [2.24, 2.45) is 0 Å². The normalized spacial score (nSPS) is 10.0. The number of hydrogen-bond acceptors (Lipinski definition) is 4. The highest BCUT2D eigenvalue weighted by Gasteiger charge is 2.11. The van der Waals surface area contributed by atoms with E-state index in [4.69, 9.17) is 9.47 Å². The molecular weight excluding hydrogens is 320 g/mol. The van der Waals surface area contributed by atoms with E-state index >= 15 is 0 Å². The summed E-state index contributed by atoms with van der Waals surface area (Å²) in [7, 11) is 3.14. The molecule has 2 amide bonds. The highest BCUT2D eigenvalue weighted by Crippen LogP contribution is 2.22. The lowest BCUT2D eigenvalue weighted by molar-refractivity contribution is -0.126. The molecule has 132 valence electrons. The van der Waals surface area contributed by atoms with E-state index in [1.54, 1.807) is 31.4 Å². The largest absolute Gasteiger partial charge is 0.497 e. The third-order valence-electron chi connectivity index (χ3n) is 3.60. The van der Waals surface area contributed by atoms with Gasteiger partial charge in [-0.15, -0.1) is 0 Å². The summed E-state index contributed by atoms with van der Waals surface area (Å²) in [6.07, 6.45) is 0.449. The van der Waals surface area contributed by atoms with Gasteiger partial charge in [-0.1, -0.05) is 24.3 Å². The summed E-state index contributed by atoms with van der Waals surface area (Å²) in [5.74, 6) is 0.643. The number of hydrogen-bond donors (Lipinski definition) is 2. The average molecular weight is 342 g/mol. The van der Waals surface area contributed by atoms with Crippen molar-refractivity contribution in [2.45, 2.75) is 12.8 Å². The van der Waals surface area contributed by atoms with Crippen molar-refractivity contribution in [3.8, 4) is 11.5 Å². The third kappa shape index (κ3) is 5.84. The molecule has 0 bridgehead atoms. The van der Waals surface area contributed by atoms with Gasteiger partial charge in [0.1, 0.15) is 17.9 Å². The van der Waals surface area contributed by atoms with E-state index in [2.05, 4.69) is 10.6 Å². The SMILES string of the molecule is COc1ccc(CCNC(=O)CC(=O)Nc2ccccc2OC)cc1. The Morgan fingerprint density at radius 1 is 0.920 bits per heavy atom. The van der Waals surface area contributed by atoms with Crippen molar-refractivity contribution >= 4 is 17.5 Å². The van der Waals surface area contributed by atoms with Crippen LogP contribution >= 0.6 is 0 Å². The molecule has 2 rings (SSSR count). The minimum Gasteiger partial charge on any atom is -0.497 e. The van der Waals surface area contributed by atoms with Gasteiger partial charge in [-0.2, -0.15) is 0 Å². The fourth-order valence-corrected chi connectivity index (χ4v) is 2.29. The summed E-state index contributed by atoms with van der Waals surface area (Å²) in [4.78, 5) is 23.8. The highest BCUT2D eigenvalue weighted by molar-refractivity contribution is 6.04. The molecule has 0 aliphatic heterocycles. The number of benzene rings is 2. The number of rotatable bonds is 8. The number of methoxy groups -OCH3 is 2. The van der Waals surface area contributed by atoms with Gasteiger partial charge in [0.05, 0.1) is 19.9 Å². The van der Waals surface area contributed by atoms with Crippen molar-refractivity contribution in [1.29, 1.82) is 0 Å². The van der Waals surface area contributed by atoms with Crippen LogP contribution in [-0.2, 0) is 16.0 Å². The molecule has 2 N–H and O–H groups in total. The summed E-state index contributed by atoms with van der Waals surface area (Å²) in [5.41, 5.74) is 1.63. The Bertz CT molecular complexity index is 714. The first-order chi connectivity index (χ1) is 12.1. The minimum atomic E-state index is -0.383.